The molecular weight excluding hydrogens is 1020 g/mol. The first-order valence-corrected chi connectivity index (χ1v) is 27.1. The molecule has 8 aromatic carbocycles. The van der Waals surface area contributed by atoms with Crippen molar-refractivity contribution in [1.29, 1.82) is 0 Å². The van der Waals surface area contributed by atoms with E-state index in [0.29, 0.717) is 41.8 Å². The molecule has 0 saturated carbocycles. The number of aryl methyl sites for hydroxylation is 2. The lowest BCUT2D eigenvalue weighted by Gasteiger charge is -2.13. The third-order valence-corrected chi connectivity index (χ3v) is 12.4. The number of hydrogen-bond acceptors (Lipinski definition) is 12. The van der Waals surface area contributed by atoms with Gasteiger partial charge in [0, 0.05) is 38.6 Å². The summed E-state index contributed by atoms with van der Waals surface area (Å²) in [6.07, 6.45) is 10.8. The van der Waals surface area contributed by atoms with Crippen molar-refractivity contribution >= 4 is 45.4 Å². The van der Waals surface area contributed by atoms with Gasteiger partial charge in [0.15, 0.2) is 0 Å². The van der Waals surface area contributed by atoms with E-state index in [-0.39, 0.29) is 5.56 Å². The Labute approximate surface area is 474 Å². The number of aromatic carboxylic acids is 1. The van der Waals surface area contributed by atoms with Gasteiger partial charge in [0.05, 0.1) is 11.1 Å². The maximum atomic E-state index is 12.9. The number of esters is 3. The van der Waals surface area contributed by atoms with Crippen molar-refractivity contribution in [3.05, 3.63) is 229 Å². The fourth-order valence-electron chi connectivity index (χ4n) is 8.14. The molecule has 2 N–H and O–H groups in total. The number of aromatic hydroxyl groups is 1. The summed E-state index contributed by atoms with van der Waals surface area (Å²) in [7, 11) is 0. The van der Waals surface area contributed by atoms with Crippen LogP contribution in [-0.2, 0) is 45.1 Å². The molecule has 2 aliphatic heterocycles. The number of hydrogen-bond donors (Lipinski definition) is 2. The number of carboxylic acids is 1. The lowest BCUT2D eigenvalue weighted by molar-refractivity contribution is -0.129. The summed E-state index contributed by atoms with van der Waals surface area (Å²) >= 11 is 0. The summed E-state index contributed by atoms with van der Waals surface area (Å²) in [5.41, 5.74) is 4.74. The lowest BCUT2D eigenvalue weighted by atomic mass is 10.1. The predicted octanol–water partition coefficient (Wildman–Crippen LogP) is 14.8. The van der Waals surface area contributed by atoms with E-state index in [2.05, 4.69) is 27.0 Å². The van der Waals surface area contributed by atoms with Gasteiger partial charge in [-0.2, -0.15) is 0 Å². The van der Waals surface area contributed by atoms with Gasteiger partial charge in [0.2, 0.25) is 0 Å². The third kappa shape index (κ3) is 20.9. The molecule has 0 amide bonds. The van der Waals surface area contributed by atoms with E-state index in [0.717, 1.165) is 120 Å². The normalized spacial score (nSPS) is 12.0. The van der Waals surface area contributed by atoms with Crippen LogP contribution in [0.3, 0.4) is 0 Å². The second-order valence-electron chi connectivity index (χ2n) is 18.6. The zero-order valence-corrected chi connectivity index (χ0v) is 46.0. The molecule has 10 rings (SSSR count). The molecule has 0 atom stereocenters. The van der Waals surface area contributed by atoms with E-state index in [1.165, 1.54) is 31.7 Å². The van der Waals surface area contributed by atoms with Crippen molar-refractivity contribution in [2.45, 2.75) is 78.4 Å². The Bertz CT molecular complexity index is 3280. The van der Waals surface area contributed by atoms with E-state index < -0.39 is 23.9 Å². The largest absolute Gasteiger partial charge is 0.508 e. The van der Waals surface area contributed by atoms with Crippen LogP contribution in [0, 0.1) is 0 Å². The van der Waals surface area contributed by atoms with E-state index in [9.17, 15) is 24.3 Å². The zero-order valence-electron chi connectivity index (χ0n) is 46.0. The number of carbonyl (C=O) groups excluding carboxylic acids is 3. The SMILES string of the molecule is C1CCOC1.C1CCOC1.C=CC(=O)Oc1ccc2cc(C(=O)O)ccc2c1.C=CC(=O)Oc1ccc2cc(C(=O)Oc3ccc(OCc4ccccc4)cc3CCC)ccc2c1.CCCc1cc(OCc2ccccc2)ccc1O. The second-order valence-corrected chi connectivity index (χ2v) is 18.6. The highest BCUT2D eigenvalue weighted by atomic mass is 16.5. The van der Waals surface area contributed by atoms with Crippen LogP contribution in [0.5, 0.6) is 34.5 Å². The molecule has 0 aromatic heterocycles. The van der Waals surface area contributed by atoms with Crippen LogP contribution in [0.25, 0.3) is 21.5 Å². The first-order chi connectivity index (χ1) is 39.4. The Hall–Kier alpha value is -9.04. The summed E-state index contributed by atoms with van der Waals surface area (Å²) in [6.45, 7) is 15.9. The number of phenols is 1. The van der Waals surface area contributed by atoms with E-state index in [1.54, 1.807) is 84.9 Å². The molecule has 13 nitrogen and oxygen atoms in total. The van der Waals surface area contributed by atoms with Crippen LogP contribution in [0.1, 0.15) is 95.3 Å². The van der Waals surface area contributed by atoms with Gasteiger partial charge in [-0.05, 0) is 167 Å². The van der Waals surface area contributed by atoms with Crippen molar-refractivity contribution in [3.63, 3.8) is 0 Å². The molecule has 2 aliphatic rings. The maximum Gasteiger partial charge on any atom is 0.343 e. The van der Waals surface area contributed by atoms with Crippen molar-refractivity contribution < 1.29 is 62.5 Å². The number of carboxylic acid groups (broad SMARTS) is 1. The van der Waals surface area contributed by atoms with Gasteiger partial charge in [-0.1, -0.05) is 125 Å². The highest BCUT2D eigenvalue weighted by molar-refractivity contribution is 5.97. The monoisotopic (exact) mass is 1090 g/mol. The summed E-state index contributed by atoms with van der Waals surface area (Å²) in [4.78, 5) is 46.2. The highest BCUT2D eigenvalue weighted by Gasteiger charge is 2.15. The van der Waals surface area contributed by atoms with E-state index in [4.69, 9.17) is 38.3 Å². The molecular formula is C68H70O13. The Kier molecular flexibility index (Phi) is 25.2. The van der Waals surface area contributed by atoms with Crippen LogP contribution in [0.2, 0.25) is 0 Å². The van der Waals surface area contributed by atoms with Crippen LogP contribution < -0.4 is 23.7 Å². The van der Waals surface area contributed by atoms with Crippen molar-refractivity contribution in [3.8, 4) is 34.5 Å². The zero-order chi connectivity index (χ0) is 57.6. The molecule has 0 unspecified atom stereocenters. The van der Waals surface area contributed by atoms with Gasteiger partial charge in [-0.25, -0.2) is 19.2 Å². The predicted molar refractivity (Wildman–Crippen MR) is 316 cm³/mol. The molecule has 0 spiro atoms. The highest BCUT2D eigenvalue weighted by Crippen LogP contribution is 2.29. The van der Waals surface area contributed by atoms with Gasteiger partial charge in [-0.15, -0.1) is 0 Å². The summed E-state index contributed by atoms with van der Waals surface area (Å²) in [6, 6.07) is 51.1. The molecule has 0 aliphatic carbocycles. The molecule has 0 bridgehead atoms. The average Bonchev–Trinajstić information content (AvgIpc) is 4.31. The second kappa shape index (κ2) is 33.4. The first-order valence-electron chi connectivity index (χ1n) is 27.1. The van der Waals surface area contributed by atoms with Gasteiger partial charge >= 0.3 is 23.9 Å². The van der Waals surface area contributed by atoms with Crippen molar-refractivity contribution in [2.24, 2.45) is 0 Å². The van der Waals surface area contributed by atoms with Crippen molar-refractivity contribution in [2.75, 3.05) is 26.4 Å². The van der Waals surface area contributed by atoms with Gasteiger partial charge in [0.1, 0.15) is 47.7 Å². The smallest absolute Gasteiger partial charge is 0.343 e. The van der Waals surface area contributed by atoms with Crippen molar-refractivity contribution in [1.82, 2.24) is 0 Å². The summed E-state index contributed by atoms with van der Waals surface area (Å²) < 4.78 is 37.4. The van der Waals surface area contributed by atoms with E-state index >= 15 is 0 Å². The molecule has 2 fully saturated rings. The quantitative estimate of drug-likeness (QED) is 0.0501. The minimum atomic E-state index is -0.973. The lowest BCUT2D eigenvalue weighted by Crippen LogP contribution is -2.10. The molecule has 2 saturated heterocycles. The molecule has 2 heterocycles. The Balaban J connectivity index is 0.000000192. The van der Waals surface area contributed by atoms with E-state index in [1.807, 2.05) is 78.9 Å². The first kappa shape index (κ1) is 61.2. The molecule has 0 radical (unpaired) electrons. The standard InChI is InChI=1S/C30H26O5.C16H18O2.C14H10O4.2C4H8O/c1-3-8-24-19-26(33-20-21-9-6-5-7-10-21)15-16-28(24)35-30(32)25-12-11-23-18-27(34-29(31)4-2)14-13-22(23)17-25;1-2-6-14-11-15(9-10-16(14)17)18-12-13-7-4-3-5-8-13;1-2-13(15)18-12-6-5-9-7-11(14(16)17)4-3-10(9)8-12;2*1-2-4-5-3-1/h4-7,9-19H,2-3,8,20H2,1H3;3-5,7-11,17H,2,6,12H2,1H3;2-8H,1H2,(H,16,17);2*1-4H2. The maximum absolute atomic E-state index is 12.9. The van der Waals surface area contributed by atoms with Crippen LogP contribution >= 0.6 is 0 Å². The Morgan fingerprint density at radius 3 is 1.36 bits per heavy atom. The molecule has 81 heavy (non-hydrogen) atoms. The van der Waals surface area contributed by atoms with Gasteiger partial charge in [-0.3, -0.25) is 0 Å². The minimum absolute atomic E-state index is 0.221. The fraction of sp³-hybridized carbons (Fsp3) is 0.235. The van der Waals surface area contributed by atoms with Crippen LogP contribution in [-0.4, -0.2) is 60.5 Å². The summed E-state index contributed by atoms with van der Waals surface area (Å²) in [5.74, 6) is 0.756. The van der Waals surface area contributed by atoms with Crippen LogP contribution in [0.15, 0.2) is 195 Å². The van der Waals surface area contributed by atoms with Gasteiger partial charge < -0.3 is 43.4 Å². The summed E-state index contributed by atoms with van der Waals surface area (Å²) in [5, 5.41) is 21.8. The number of ether oxygens (including phenoxy) is 7. The topological polar surface area (TPSA) is 173 Å². The Morgan fingerprint density at radius 2 is 0.901 bits per heavy atom. The Morgan fingerprint density at radius 1 is 0.481 bits per heavy atom. The molecule has 13 heteroatoms. The minimum Gasteiger partial charge on any atom is -0.508 e. The number of rotatable bonds is 17. The molecule has 420 valence electrons. The van der Waals surface area contributed by atoms with Gasteiger partial charge in [0.25, 0.3) is 0 Å². The average molecular weight is 1100 g/mol. The number of phenolic OH excluding ortho intramolecular Hbond substituents is 1. The number of benzene rings is 8. The molecule has 8 aromatic rings. The van der Waals surface area contributed by atoms with Crippen LogP contribution in [0.4, 0.5) is 0 Å². The number of fused-ring (bicyclic) bond motifs is 2. The fourth-order valence-corrected chi connectivity index (χ4v) is 8.14. The third-order valence-electron chi connectivity index (χ3n) is 12.4. The number of carbonyl (C=O) groups is 4.